The van der Waals surface area contributed by atoms with E-state index in [0.29, 0.717) is 0 Å². The molecule has 2 aromatic heterocycles. The van der Waals surface area contributed by atoms with Gasteiger partial charge in [0.2, 0.25) is 0 Å². The first-order valence-corrected chi connectivity index (χ1v) is 8.77. The lowest BCUT2D eigenvalue weighted by Crippen LogP contribution is -1.95. The van der Waals surface area contributed by atoms with E-state index in [-0.39, 0.29) is 0 Å². The lowest BCUT2D eigenvalue weighted by atomic mass is 10.0. The molecule has 0 aliphatic heterocycles. The number of nitrogens with zero attached hydrogens (tertiary/aromatic N) is 1. The maximum absolute atomic E-state index is 5.34. The Labute approximate surface area is 138 Å². The highest BCUT2D eigenvalue weighted by atomic mass is 16.5. The Morgan fingerprint density at radius 2 is 1.83 bits per heavy atom. The summed E-state index contributed by atoms with van der Waals surface area (Å²) in [6, 6.07) is 8.29. The summed E-state index contributed by atoms with van der Waals surface area (Å²) in [5.41, 5.74) is 3.40. The van der Waals surface area contributed by atoms with E-state index in [1.165, 1.54) is 60.5 Å². The number of aromatic nitrogens is 2. The standard InChI is InChI=1S/C20H26N2O/c1-3-4-5-6-7-8-9-18-20-17(12-13-21-20)16-11-10-15(23-2)14-19(16)22-18/h10-14,21H,3-9H2,1-2H3. The molecule has 0 aliphatic carbocycles. The molecule has 0 bridgehead atoms. The van der Waals surface area contributed by atoms with Crippen molar-refractivity contribution in [2.24, 2.45) is 0 Å². The van der Waals surface area contributed by atoms with Crippen molar-refractivity contribution in [2.75, 3.05) is 7.11 Å². The van der Waals surface area contributed by atoms with Crippen LogP contribution in [0.2, 0.25) is 0 Å². The van der Waals surface area contributed by atoms with Gasteiger partial charge in [-0.3, -0.25) is 4.98 Å². The first kappa shape index (κ1) is 15.9. The molecule has 0 aliphatic rings. The molecule has 1 aromatic carbocycles. The third-order valence-corrected chi connectivity index (χ3v) is 4.55. The van der Waals surface area contributed by atoms with Gasteiger partial charge < -0.3 is 9.72 Å². The zero-order valence-corrected chi connectivity index (χ0v) is 14.2. The van der Waals surface area contributed by atoms with Gasteiger partial charge in [-0.2, -0.15) is 0 Å². The molecule has 0 atom stereocenters. The molecule has 3 heteroatoms. The number of pyridine rings is 1. The van der Waals surface area contributed by atoms with Crippen molar-refractivity contribution in [1.29, 1.82) is 0 Å². The normalized spacial score (nSPS) is 11.4. The van der Waals surface area contributed by atoms with Crippen molar-refractivity contribution in [3.05, 3.63) is 36.2 Å². The number of aryl methyl sites for hydroxylation is 1. The maximum atomic E-state index is 5.34. The average molecular weight is 310 g/mol. The van der Waals surface area contributed by atoms with Gasteiger partial charge in [-0.25, -0.2) is 0 Å². The van der Waals surface area contributed by atoms with Crippen molar-refractivity contribution >= 4 is 21.8 Å². The number of fused-ring (bicyclic) bond motifs is 3. The lowest BCUT2D eigenvalue weighted by molar-refractivity contribution is 0.415. The summed E-state index contributed by atoms with van der Waals surface area (Å²) < 4.78 is 5.34. The van der Waals surface area contributed by atoms with Crippen molar-refractivity contribution in [2.45, 2.75) is 51.9 Å². The molecule has 3 rings (SSSR count). The number of methoxy groups -OCH3 is 1. The van der Waals surface area contributed by atoms with Crippen LogP contribution in [0.3, 0.4) is 0 Å². The largest absolute Gasteiger partial charge is 0.497 e. The van der Waals surface area contributed by atoms with Crippen molar-refractivity contribution in [1.82, 2.24) is 9.97 Å². The molecular weight excluding hydrogens is 284 g/mol. The van der Waals surface area contributed by atoms with Crippen LogP contribution < -0.4 is 4.74 Å². The number of hydrogen-bond donors (Lipinski definition) is 1. The number of nitrogens with one attached hydrogen (secondary N) is 1. The van der Waals surface area contributed by atoms with Crippen LogP contribution in [0.25, 0.3) is 21.8 Å². The van der Waals surface area contributed by atoms with Crippen LogP contribution >= 0.6 is 0 Å². The summed E-state index contributed by atoms with van der Waals surface area (Å²) in [7, 11) is 1.70. The molecule has 0 spiro atoms. The summed E-state index contributed by atoms with van der Waals surface area (Å²) >= 11 is 0. The number of hydrogen-bond acceptors (Lipinski definition) is 2. The van der Waals surface area contributed by atoms with Gasteiger partial charge in [0.25, 0.3) is 0 Å². The maximum Gasteiger partial charge on any atom is 0.121 e. The number of rotatable bonds is 8. The Hall–Kier alpha value is -2.03. The van der Waals surface area contributed by atoms with Crippen molar-refractivity contribution in [3.63, 3.8) is 0 Å². The molecule has 0 radical (unpaired) electrons. The van der Waals surface area contributed by atoms with Crippen LogP contribution in [0.4, 0.5) is 0 Å². The zero-order valence-electron chi connectivity index (χ0n) is 14.2. The molecule has 122 valence electrons. The molecule has 0 amide bonds. The minimum Gasteiger partial charge on any atom is -0.497 e. The summed E-state index contributed by atoms with van der Waals surface area (Å²) in [5.74, 6) is 0.866. The second-order valence-corrected chi connectivity index (χ2v) is 6.23. The molecule has 23 heavy (non-hydrogen) atoms. The molecule has 0 fully saturated rings. The first-order chi connectivity index (χ1) is 11.3. The molecule has 3 nitrogen and oxygen atoms in total. The van der Waals surface area contributed by atoms with Crippen LogP contribution in [0.5, 0.6) is 5.75 Å². The summed E-state index contributed by atoms with van der Waals surface area (Å²) in [6.45, 7) is 2.26. The number of H-pyrrole nitrogens is 1. The van der Waals surface area contributed by atoms with Gasteiger partial charge in [-0.15, -0.1) is 0 Å². The van der Waals surface area contributed by atoms with E-state index in [9.17, 15) is 0 Å². The number of benzene rings is 1. The number of ether oxygens (including phenoxy) is 1. The van der Waals surface area contributed by atoms with Gasteiger partial charge >= 0.3 is 0 Å². The Balaban J connectivity index is 1.81. The highest BCUT2D eigenvalue weighted by Gasteiger charge is 2.10. The third-order valence-electron chi connectivity index (χ3n) is 4.55. The summed E-state index contributed by atoms with van der Waals surface area (Å²) in [6.07, 6.45) is 10.9. The molecule has 0 saturated carbocycles. The lowest BCUT2D eigenvalue weighted by Gasteiger charge is -2.08. The van der Waals surface area contributed by atoms with Crippen LogP contribution in [-0.2, 0) is 6.42 Å². The predicted octanol–water partition coefficient (Wildman–Crippen LogP) is 5.63. The first-order valence-electron chi connectivity index (χ1n) is 8.77. The topological polar surface area (TPSA) is 37.9 Å². The summed E-state index contributed by atoms with van der Waals surface area (Å²) in [4.78, 5) is 8.28. The molecule has 1 N–H and O–H groups in total. The third kappa shape index (κ3) is 3.49. The van der Waals surface area contributed by atoms with E-state index in [2.05, 4.69) is 24.0 Å². The van der Waals surface area contributed by atoms with Gasteiger partial charge in [0.1, 0.15) is 5.75 Å². The van der Waals surface area contributed by atoms with Gasteiger partial charge in [0.15, 0.2) is 0 Å². The number of unbranched alkanes of at least 4 members (excludes halogenated alkanes) is 5. The molecule has 2 heterocycles. The van der Waals surface area contributed by atoms with Gasteiger partial charge in [-0.1, -0.05) is 39.0 Å². The quantitative estimate of drug-likeness (QED) is 0.548. The zero-order chi connectivity index (χ0) is 16.1. The average Bonchev–Trinajstić information content (AvgIpc) is 3.07. The van der Waals surface area contributed by atoms with Gasteiger partial charge in [0.05, 0.1) is 23.8 Å². The molecule has 0 unspecified atom stereocenters. The van der Waals surface area contributed by atoms with Gasteiger partial charge in [-0.05, 0) is 31.0 Å². The fourth-order valence-corrected chi connectivity index (χ4v) is 3.25. The van der Waals surface area contributed by atoms with E-state index in [0.717, 1.165) is 17.7 Å². The Bertz CT molecular complexity index is 776. The van der Waals surface area contributed by atoms with Crippen LogP contribution in [0.15, 0.2) is 30.5 Å². The van der Waals surface area contributed by atoms with Crippen LogP contribution in [-0.4, -0.2) is 17.1 Å². The molecular formula is C20H26N2O. The highest BCUT2D eigenvalue weighted by molar-refractivity contribution is 6.05. The van der Waals surface area contributed by atoms with E-state index in [1.807, 2.05) is 18.3 Å². The molecule has 3 aromatic rings. The SMILES string of the molecule is CCCCCCCCc1nc2cc(OC)ccc2c2cc[nH]c12. The summed E-state index contributed by atoms with van der Waals surface area (Å²) in [5, 5.41) is 2.45. The monoisotopic (exact) mass is 310 g/mol. The van der Waals surface area contributed by atoms with Gasteiger partial charge in [0, 0.05) is 23.0 Å². The van der Waals surface area contributed by atoms with E-state index >= 15 is 0 Å². The Kier molecular flexibility index (Phi) is 5.16. The number of aromatic amines is 1. The Morgan fingerprint density at radius 3 is 2.65 bits per heavy atom. The van der Waals surface area contributed by atoms with E-state index in [4.69, 9.17) is 9.72 Å². The van der Waals surface area contributed by atoms with Crippen molar-refractivity contribution in [3.8, 4) is 5.75 Å². The van der Waals surface area contributed by atoms with E-state index in [1.54, 1.807) is 7.11 Å². The smallest absolute Gasteiger partial charge is 0.121 e. The van der Waals surface area contributed by atoms with Crippen LogP contribution in [0.1, 0.15) is 51.1 Å². The van der Waals surface area contributed by atoms with E-state index < -0.39 is 0 Å². The highest BCUT2D eigenvalue weighted by Crippen LogP contribution is 2.29. The fourth-order valence-electron chi connectivity index (χ4n) is 3.25. The predicted molar refractivity (Wildman–Crippen MR) is 97.2 cm³/mol. The van der Waals surface area contributed by atoms with Crippen LogP contribution in [0, 0.1) is 0 Å². The van der Waals surface area contributed by atoms with Crippen molar-refractivity contribution < 1.29 is 4.74 Å². The Morgan fingerprint density at radius 1 is 1.00 bits per heavy atom. The second-order valence-electron chi connectivity index (χ2n) is 6.23. The second kappa shape index (κ2) is 7.49. The minimum absolute atomic E-state index is 0.866. The fraction of sp³-hybridized carbons (Fsp3) is 0.450. The minimum atomic E-state index is 0.866. The molecule has 0 saturated heterocycles.